The topological polar surface area (TPSA) is 71.4 Å². The number of hydrogen-bond acceptors (Lipinski definition) is 5. The summed E-state index contributed by atoms with van der Waals surface area (Å²) in [5.41, 5.74) is -0.556. The molecular formula is C16H27N5O2. The maximum Gasteiger partial charge on any atom is 0.248 e. The van der Waals surface area contributed by atoms with Gasteiger partial charge in [0.1, 0.15) is 5.54 Å². The minimum Gasteiger partial charge on any atom is -0.379 e. The molecule has 3 rings (SSSR count). The van der Waals surface area contributed by atoms with Gasteiger partial charge in [-0.25, -0.2) is 0 Å². The summed E-state index contributed by atoms with van der Waals surface area (Å²) in [6.45, 7) is 7.93. The molecule has 1 atom stereocenters. The van der Waals surface area contributed by atoms with Crippen molar-refractivity contribution in [2.24, 2.45) is 0 Å². The van der Waals surface area contributed by atoms with Crippen molar-refractivity contribution >= 4 is 5.91 Å². The minimum absolute atomic E-state index is 0.0859. The third kappa shape index (κ3) is 3.57. The molecule has 2 aliphatic heterocycles. The van der Waals surface area contributed by atoms with E-state index < -0.39 is 5.54 Å². The highest BCUT2D eigenvalue weighted by Gasteiger charge is 2.42. The van der Waals surface area contributed by atoms with Crippen LogP contribution in [0.2, 0.25) is 0 Å². The molecule has 128 valence electrons. The van der Waals surface area contributed by atoms with Crippen LogP contribution in [-0.2, 0) is 15.1 Å². The normalized spacial score (nSPS) is 23.3. The highest BCUT2D eigenvalue weighted by Crippen LogP contribution is 2.27. The third-order valence-corrected chi connectivity index (χ3v) is 5.02. The molecule has 7 nitrogen and oxygen atoms in total. The molecule has 1 amide bonds. The van der Waals surface area contributed by atoms with Gasteiger partial charge < -0.3 is 15.4 Å². The molecule has 7 heteroatoms. The van der Waals surface area contributed by atoms with E-state index in [-0.39, 0.29) is 5.91 Å². The van der Waals surface area contributed by atoms with Crippen molar-refractivity contribution in [3.63, 3.8) is 0 Å². The monoisotopic (exact) mass is 321 g/mol. The highest BCUT2D eigenvalue weighted by atomic mass is 16.5. The number of rotatable bonds is 5. The van der Waals surface area contributed by atoms with Gasteiger partial charge in [-0.3, -0.25) is 14.4 Å². The Bertz CT molecular complexity index is 493. The lowest BCUT2D eigenvalue weighted by Crippen LogP contribution is -2.56. The van der Waals surface area contributed by atoms with Crippen LogP contribution in [0.4, 0.5) is 0 Å². The average Bonchev–Trinajstić information content (AvgIpc) is 3.16. The molecule has 0 saturated carbocycles. The van der Waals surface area contributed by atoms with Crippen LogP contribution < -0.4 is 10.6 Å². The Kier molecular flexibility index (Phi) is 5.30. The van der Waals surface area contributed by atoms with Gasteiger partial charge in [-0.2, -0.15) is 5.10 Å². The van der Waals surface area contributed by atoms with Crippen LogP contribution in [0.25, 0.3) is 0 Å². The molecule has 0 radical (unpaired) electrons. The van der Waals surface area contributed by atoms with E-state index in [1.807, 2.05) is 16.9 Å². The standard InChI is InChI=1S/C16H27N5O2/c1-14(20-9-11-23-12-10-20)13-18-15(22)16(3-6-17-7-4-16)21-8-2-5-19-21/h2,5,8,14,17H,3-4,6-7,9-13H2,1H3,(H,18,22). The van der Waals surface area contributed by atoms with Crippen molar-refractivity contribution in [3.8, 4) is 0 Å². The molecule has 2 N–H and O–H groups in total. The molecular weight excluding hydrogens is 294 g/mol. The summed E-state index contributed by atoms with van der Waals surface area (Å²) >= 11 is 0. The van der Waals surface area contributed by atoms with Crippen LogP contribution >= 0.6 is 0 Å². The molecule has 0 spiro atoms. The van der Waals surface area contributed by atoms with Crippen molar-refractivity contribution in [2.45, 2.75) is 31.3 Å². The molecule has 2 fully saturated rings. The average molecular weight is 321 g/mol. The van der Waals surface area contributed by atoms with Crippen LogP contribution in [0.3, 0.4) is 0 Å². The second kappa shape index (κ2) is 7.42. The fraction of sp³-hybridized carbons (Fsp3) is 0.750. The lowest BCUT2D eigenvalue weighted by Gasteiger charge is -2.37. The van der Waals surface area contributed by atoms with Crippen LogP contribution in [-0.4, -0.2) is 72.6 Å². The Morgan fingerprint density at radius 3 is 2.78 bits per heavy atom. The summed E-state index contributed by atoms with van der Waals surface area (Å²) in [6, 6.07) is 2.20. The first-order valence-electron chi connectivity index (χ1n) is 8.53. The van der Waals surface area contributed by atoms with Crippen molar-refractivity contribution in [1.82, 2.24) is 25.3 Å². The number of nitrogens with one attached hydrogen (secondary N) is 2. The van der Waals surface area contributed by atoms with Gasteiger partial charge in [0.25, 0.3) is 0 Å². The maximum atomic E-state index is 13.0. The van der Waals surface area contributed by atoms with Crippen molar-refractivity contribution in [2.75, 3.05) is 45.9 Å². The predicted molar refractivity (Wildman–Crippen MR) is 87.2 cm³/mol. The van der Waals surface area contributed by atoms with Gasteiger partial charge in [-0.15, -0.1) is 0 Å². The molecule has 0 bridgehead atoms. The van der Waals surface area contributed by atoms with E-state index in [9.17, 15) is 4.79 Å². The van der Waals surface area contributed by atoms with E-state index in [1.54, 1.807) is 6.20 Å². The predicted octanol–water partition coefficient (Wildman–Crippen LogP) is -0.201. The van der Waals surface area contributed by atoms with Crippen LogP contribution in [0.15, 0.2) is 18.5 Å². The van der Waals surface area contributed by atoms with Crippen LogP contribution in [0.1, 0.15) is 19.8 Å². The van der Waals surface area contributed by atoms with E-state index in [4.69, 9.17) is 4.74 Å². The van der Waals surface area contributed by atoms with Gasteiger partial charge in [0.05, 0.1) is 13.2 Å². The quantitative estimate of drug-likeness (QED) is 0.786. The van der Waals surface area contributed by atoms with Crippen molar-refractivity contribution in [3.05, 3.63) is 18.5 Å². The Morgan fingerprint density at radius 1 is 1.39 bits per heavy atom. The fourth-order valence-corrected chi connectivity index (χ4v) is 3.47. The number of piperidine rings is 1. The minimum atomic E-state index is -0.556. The number of amides is 1. The second-order valence-corrected chi connectivity index (χ2v) is 6.44. The summed E-state index contributed by atoms with van der Waals surface area (Å²) in [5, 5.41) is 10.8. The summed E-state index contributed by atoms with van der Waals surface area (Å²) in [7, 11) is 0. The Morgan fingerprint density at radius 2 is 2.13 bits per heavy atom. The van der Waals surface area contributed by atoms with E-state index in [0.717, 1.165) is 52.2 Å². The van der Waals surface area contributed by atoms with Gasteiger partial charge in [-0.1, -0.05) is 0 Å². The zero-order valence-corrected chi connectivity index (χ0v) is 13.8. The smallest absolute Gasteiger partial charge is 0.248 e. The first kappa shape index (κ1) is 16.4. The van der Waals surface area contributed by atoms with Gasteiger partial charge in [0.15, 0.2) is 0 Å². The van der Waals surface area contributed by atoms with Gasteiger partial charge in [0.2, 0.25) is 5.91 Å². The number of nitrogens with zero attached hydrogens (tertiary/aromatic N) is 3. The summed E-state index contributed by atoms with van der Waals surface area (Å²) in [5.74, 6) is 0.0859. The third-order valence-electron chi connectivity index (χ3n) is 5.02. The number of ether oxygens (including phenoxy) is 1. The lowest BCUT2D eigenvalue weighted by molar-refractivity contribution is -0.132. The molecule has 3 heterocycles. The van der Waals surface area contributed by atoms with E-state index in [1.165, 1.54) is 0 Å². The Hall–Kier alpha value is -1.44. The number of carbonyl (C=O) groups excluding carboxylic acids is 1. The van der Waals surface area contributed by atoms with Gasteiger partial charge >= 0.3 is 0 Å². The number of carbonyl (C=O) groups is 1. The molecule has 1 unspecified atom stereocenters. The van der Waals surface area contributed by atoms with Crippen molar-refractivity contribution < 1.29 is 9.53 Å². The molecule has 2 saturated heterocycles. The zero-order chi connectivity index (χ0) is 16.1. The van der Waals surface area contributed by atoms with Crippen LogP contribution in [0, 0.1) is 0 Å². The van der Waals surface area contributed by atoms with Crippen molar-refractivity contribution in [1.29, 1.82) is 0 Å². The lowest BCUT2D eigenvalue weighted by atomic mass is 9.87. The van der Waals surface area contributed by atoms with Crippen LogP contribution in [0.5, 0.6) is 0 Å². The Balaban J connectivity index is 1.62. The highest BCUT2D eigenvalue weighted by molar-refractivity contribution is 5.84. The van der Waals surface area contributed by atoms with E-state index >= 15 is 0 Å². The largest absolute Gasteiger partial charge is 0.379 e. The molecule has 1 aromatic rings. The van der Waals surface area contributed by atoms with Gasteiger partial charge in [-0.05, 0) is 38.9 Å². The molecule has 2 aliphatic rings. The molecule has 1 aromatic heterocycles. The number of morpholine rings is 1. The fourth-order valence-electron chi connectivity index (χ4n) is 3.47. The Labute approximate surface area is 137 Å². The summed E-state index contributed by atoms with van der Waals surface area (Å²) in [4.78, 5) is 15.3. The molecule has 0 aliphatic carbocycles. The first-order chi connectivity index (χ1) is 11.2. The summed E-state index contributed by atoms with van der Waals surface area (Å²) in [6.07, 6.45) is 5.18. The SMILES string of the molecule is CC(CNC(=O)C1(n2cccn2)CCNCC1)N1CCOCC1. The number of aromatic nitrogens is 2. The maximum absolute atomic E-state index is 13.0. The molecule has 0 aromatic carbocycles. The van der Waals surface area contributed by atoms with Gasteiger partial charge in [0, 0.05) is 38.1 Å². The zero-order valence-electron chi connectivity index (χ0n) is 13.8. The molecule has 23 heavy (non-hydrogen) atoms. The number of hydrogen-bond donors (Lipinski definition) is 2. The summed E-state index contributed by atoms with van der Waals surface area (Å²) < 4.78 is 7.22. The first-order valence-corrected chi connectivity index (χ1v) is 8.53. The van der Waals surface area contributed by atoms with E-state index in [0.29, 0.717) is 12.6 Å². The van der Waals surface area contributed by atoms with E-state index in [2.05, 4.69) is 27.6 Å². The second-order valence-electron chi connectivity index (χ2n) is 6.44.